The van der Waals surface area contributed by atoms with Gasteiger partial charge in [0.1, 0.15) is 0 Å². The minimum absolute atomic E-state index is 0.320. The van der Waals surface area contributed by atoms with Gasteiger partial charge < -0.3 is 4.90 Å². The first-order valence-corrected chi connectivity index (χ1v) is 13.2. The standard InChI is InChI=1S/C33H21B2N/c1-3-11-25-19(7-1)15-23-18-24-16-20-8-2-4-12-26(20)35-28-14-6-10-22-17-21-9-5-13-27-31(21)36(32(22)28)33(30(24)35)29(23)34(25)27/h1-14,18H,15-17H2. The molecule has 0 spiro atoms. The molecular weight excluding hydrogens is 432 g/mol. The first kappa shape index (κ1) is 18.3. The zero-order chi connectivity index (χ0) is 23.1. The van der Waals surface area contributed by atoms with Crippen molar-refractivity contribution in [2.24, 2.45) is 0 Å². The van der Waals surface area contributed by atoms with E-state index in [1.165, 1.54) is 72.3 Å². The molecule has 5 heterocycles. The zero-order valence-corrected chi connectivity index (χ0v) is 19.9. The minimum Gasteiger partial charge on any atom is -0.312 e. The smallest absolute Gasteiger partial charge is 0.247 e. The van der Waals surface area contributed by atoms with E-state index in [4.69, 9.17) is 0 Å². The Morgan fingerprint density at radius 1 is 0.417 bits per heavy atom. The van der Waals surface area contributed by atoms with E-state index in [1.54, 1.807) is 10.9 Å². The molecule has 0 fully saturated rings. The van der Waals surface area contributed by atoms with Crippen LogP contribution >= 0.6 is 0 Å². The molecule has 5 aliphatic heterocycles. The fourth-order valence-corrected chi connectivity index (χ4v) is 8.37. The topological polar surface area (TPSA) is 3.24 Å². The van der Waals surface area contributed by atoms with Crippen LogP contribution in [0.1, 0.15) is 33.4 Å². The highest BCUT2D eigenvalue weighted by molar-refractivity contribution is 7.03. The molecular formula is C33H21B2N. The second-order valence-corrected chi connectivity index (χ2v) is 11.2. The number of para-hydroxylation sites is 2. The van der Waals surface area contributed by atoms with Gasteiger partial charge in [0.05, 0.1) is 0 Å². The van der Waals surface area contributed by atoms with Crippen LogP contribution < -0.4 is 37.7 Å². The van der Waals surface area contributed by atoms with Crippen molar-refractivity contribution >= 4 is 63.3 Å². The average Bonchev–Trinajstić information content (AvgIpc) is 2.92. The molecule has 164 valence electrons. The number of hydrogen-bond acceptors (Lipinski definition) is 1. The van der Waals surface area contributed by atoms with Crippen LogP contribution in [0.15, 0.2) is 91.0 Å². The van der Waals surface area contributed by atoms with Crippen molar-refractivity contribution in [3.63, 3.8) is 0 Å². The molecule has 0 radical (unpaired) electrons. The highest BCUT2D eigenvalue weighted by Gasteiger charge is 2.50. The molecule has 10 rings (SSSR count). The molecule has 3 heteroatoms. The lowest BCUT2D eigenvalue weighted by atomic mass is 9.27. The summed E-state index contributed by atoms with van der Waals surface area (Å²) < 4.78 is 0. The molecule has 0 amide bonds. The molecule has 0 aliphatic carbocycles. The van der Waals surface area contributed by atoms with Crippen molar-refractivity contribution in [2.45, 2.75) is 19.3 Å². The van der Waals surface area contributed by atoms with Crippen LogP contribution in [0.5, 0.6) is 0 Å². The summed E-state index contributed by atoms with van der Waals surface area (Å²) in [5.74, 6) is 0. The number of rotatable bonds is 0. The van der Waals surface area contributed by atoms with Gasteiger partial charge in [0.25, 0.3) is 0 Å². The van der Waals surface area contributed by atoms with Gasteiger partial charge in [-0.2, -0.15) is 0 Å². The second-order valence-electron chi connectivity index (χ2n) is 11.2. The number of benzene rings is 5. The molecule has 0 N–H and O–H groups in total. The van der Waals surface area contributed by atoms with Gasteiger partial charge in [-0.1, -0.05) is 102 Å². The van der Waals surface area contributed by atoms with Crippen LogP contribution in [-0.2, 0) is 19.3 Å². The van der Waals surface area contributed by atoms with Gasteiger partial charge in [-0.3, -0.25) is 0 Å². The number of anilines is 3. The van der Waals surface area contributed by atoms with Gasteiger partial charge >= 0.3 is 0 Å². The molecule has 5 aromatic rings. The van der Waals surface area contributed by atoms with E-state index in [1.807, 2.05) is 0 Å². The number of nitrogens with zero attached hydrogens (tertiary/aromatic N) is 1. The van der Waals surface area contributed by atoms with Crippen LogP contribution in [0.3, 0.4) is 0 Å². The lowest BCUT2D eigenvalue weighted by Gasteiger charge is -2.50. The van der Waals surface area contributed by atoms with Gasteiger partial charge in [-0.05, 0) is 68.1 Å². The Bertz CT molecular complexity index is 1720. The monoisotopic (exact) mass is 453 g/mol. The van der Waals surface area contributed by atoms with Crippen LogP contribution in [0.4, 0.5) is 17.1 Å². The normalized spacial score (nSPS) is 15.8. The highest BCUT2D eigenvalue weighted by Crippen LogP contribution is 2.47. The molecule has 5 aliphatic rings. The molecule has 0 saturated heterocycles. The Hall–Kier alpha value is -3.97. The Morgan fingerprint density at radius 2 is 0.861 bits per heavy atom. The van der Waals surface area contributed by atoms with E-state index in [0.717, 1.165) is 19.3 Å². The van der Waals surface area contributed by atoms with Gasteiger partial charge in [0.2, 0.25) is 13.4 Å². The third kappa shape index (κ3) is 1.95. The lowest BCUT2D eigenvalue weighted by Crippen LogP contribution is -2.69. The van der Waals surface area contributed by atoms with Gasteiger partial charge in [0, 0.05) is 23.5 Å². The van der Waals surface area contributed by atoms with E-state index in [-0.39, 0.29) is 0 Å². The maximum absolute atomic E-state index is 2.71. The predicted molar refractivity (Wildman–Crippen MR) is 152 cm³/mol. The first-order valence-electron chi connectivity index (χ1n) is 13.2. The summed E-state index contributed by atoms with van der Waals surface area (Å²) >= 11 is 0. The van der Waals surface area contributed by atoms with E-state index in [2.05, 4.69) is 95.9 Å². The van der Waals surface area contributed by atoms with Gasteiger partial charge in [-0.25, -0.2) is 0 Å². The van der Waals surface area contributed by atoms with Crippen molar-refractivity contribution in [3.8, 4) is 0 Å². The van der Waals surface area contributed by atoms with Gasteiger partial charge in [-0.15, -0.1) is 0 Å². The van der Waals surface area contributed by atoms with Crippen LogP contribution in [0.25, 0.3) is 0 Å². The number of hydrogen-bond donors (Lipinski definition) is 0. The fraction of sp³-hybridized carbons (Fsp3) is 0.0909. The molecule has 0 atom stereocenters. The maximum atomic E-state index is 2.71. The molecule has 0 unspecified atom stereocenters. The Kier molecular flexibility index (Phi) is 3.08. The summed E-state index contributed by atoms with van der Waals surface area (Å²) in [4.78, 5) is 2.71. The average molecular weight is 453 g/mol. The SMILES string of the molecule is c1ccc2c(c1)Cc1cc3c4c5c1B2c1cccc2c1N5c1c(cccc1B4c1ccccc1C3)C2. The number of fused-ring (bicyclic) bond motifs is 6. The molecule has 36 heavy (non-hydrogen) atoms. The molecule has 1 nitrogen and oxygen atoms in total. The second kappa shape index (κ2) is 6.05. The molecule has 0 aromatic heterocycles. The summed E-state index contributed by atoms with van der Waals surface area (Å²) in [6, 6.07) is 35.2. The third-order valence-corrected chi connectivity index (χ3v) is 9.60. The quantitative estimate of drug-likeness (QED) is 0.319. The van der Waals surface area contributed by atoms with Crippen molar-refractivity contribution in [1.82, 2.24) is 0 Å². The minimum atomic E-state index is 0.320. The zero-order valence-electron chi connectivity index (χ0n) is 19.9. The summed E-state index contributed by atoms with van der Waals surface area (Å²) in [5, 5.41) is 0. The van der Waals surface area contributed by atoms with E-state index >= 15 is 0 Å². The summed E-state index contributed by atoms with van der Waals surface area (Å²) in [5.41, 5.74) is 22.6. The van der Waals surface area contributed by atoms with E-state index in [0.29, 0.717) is 13.4 Å². The van der Waals surface area contributed by atoms with Crippen molar-refractivity contribution in [1.29, 1.82) is 0 Å². The lowest BCUT2D eigenvalue weighted by molar-refractivity contribution is 1.08. The van der Waals surface area contributed by atoms with E-state index in [9.17, 15) is 0 Å². The maximum Gasteiger partial charge on any atom is 0.247 e. The van der Waals surface area contributed by atoms with Crippen molar-refractivity contribution in [2.75, 3.05) is 4.90 Å². The molecule has 0 bridgehead atoms. The van der Waals surface area contributed by atoms with Crippen LogP contribution in [-0.4, -0.2) is 13.4 Å². The Balaban J connectivity index is 1.42. The van der Waals surface area contributed by atoms with Crippen LogP contribution in [0.2, 0.25) is 0 Å². The molecule has 0 saturated carbocycles. The van der Waals surface area contributed by atoms with Crippen molar-refractivity contribution < 1.29 is 0 Å². The largest absolute Gasteiger partial charge is 0.312 e. The van der Waals surface area contributed by atoms with Gasteiger partial charge in [0.15, 0.2) is 0 Å². The fourth-order valence-electron chi connectivity index (χ4n) is 8.37. The van der Waals surface area contributed by atoms with Crippen molar-refractivity contribution in [3.05, 3.63) is 124 Å². The van der Waals surface area contributed by atoms with Crippen LogP contribution in [0, 0.1) is 0 Å². The third-order valence-electron chi connectivity index (χ3n) is 9.60. The highest BCUT2D eigenvalue weighted by atomic mass is 15.2. The Morgan fingerprint density at radius 3 is 1.42 bits per heavy atom. The predicted octanol–water partition coefficient (Wildman–Crippen LogP) is 2.53. The first-order chi connectivity index (χ1) is 17.9. The van der Waals surface area contributed by atoms with E-state index < -0.39 is 0 Å². The molecule has 5 aromatic carbocycles. The Labute approximate surface area is 211 Å². The summed E-state index contributed by atoms with van der Waals surface area (Å²) in [6.45, 7) is 0.641. The summed E-state index contributed by atoms with van der Waals surface area (Å²) in [6.07, 6.45) is 3.08. The summed E-state index contributed by atoms with van der Waals surface area (Å²) in [7, 11) is 0.